The van der Waals surface area contributed by atoms with Crippen LogP contribution in [0.5, 0.6) is 0 Å². The maximum absolute atomic E-state index is 13.1. The van der Waals surface area contributed by atoms with Crippen LogP contribution >= 0.6 is 0 Å². The Morgan fingerprint density at radius 2 is 1.56 bits per heavy atom. The molecule has 2 aliphatic heterocycles. The number of benzene rings is 1. The van der Waals surface area contributed by atoms with Crippen LogP contribution in [0.15, 0.2) is 18.2 Å². The zero-order valence-electron chi connectivity index (χ0n) is 22.9. The third-order valence-corrected chi connectivity index (χ3v) is 6.95. The van der Waals surface area contributed by atoms with Crippen LogP contribution in [0.2, 0.25) is 0 Å². The molecule has 0 aromatic heterocycles. The summed E-state index contributed by atoms with van der Waals surface area (Å²) in [5.74, 6) is -2.61. The SMILES string of the molecule is CCCCCCCCOCCOCCCCCC(=O)Nc1cccc2c1C(=O)N(C1CCC(=O)NC1=O)C2=O. The van der Waals surface area contributed by atoms with Gasteiger partial charge in [-0.25, -0.2) is 0 Å². The lowest BCUT2D eigenvalue weighted by molar-refractivity contribution is -0.136. The first-order valence-corrected chi connectivity index (χ1v) is 14.2. The third kappa shape index (κ3) is 8.96. The predicted molar refractivity (Wildman–Crippen MR) is 145 cm³/mol. The Labute approximate surface area is 230 Å². The van der Waals surface area contributed by atoms with Crippen LogP contribution in [0.3, 0.4) is 0 Å². The highest BCUT2D eigenvalue weighted by atomic mass is 16.5. The van der Waals surface area contributed by atoms with E-state index in [9.17, 15) is 24.0 Å². The Balaban J connectivity index is 1.31. The van der Waals surface area contributed by atoms with Crippen LogP contribution in [0.1, 0.15) is 105 Å². The molecule has 39 heavy (non-hydrogen) atoms. The maximum Gasteiger partial charge on any atom is 0.264 e. The molecule has 2 N–H and O–H groups in total. The minimum atomic E-state index is -1.05. The summed E-state index contributed by atoms with van der Waals surface area (Å²) in [6.45, 7) is 4.78. The summed E-state index contributed by atoms with van der Waals surface area (Å²) < 4.78 is 11.2. The molecule has 1 atom stereocenters. The Hall–Kier alpha value is -3.11. The smallest absolute Gasteiger partial charge is 0.264 e. The van der Waals surface area contributed by atoms with Crippen molar-refractivity contribution in [3.63, 3.8) is 0 Å². The number of hydrogen-bond donors (Lipinski definition) is 2. The second-order valence-corrected chi connectivity index (χ2v) is 10.0. The van der Waals surface area contributed by atoms with E-state index in [4.69, 9.17) is 9.47 Å². The highest BCUT2D eigenvalue weighted by Gasteiger charge is 2.45. The Kier molecular flexibility index (Phi) is 12.6. The van der Waals surface area contributed by atoms with E-state index < -0.39 is 29.7 Å². The summed E-state index contributed by atoms with van der Waals surface area (Å²) in [4.78, 5) is 63.2. The fourth-order valence-electron chi connectivity index (χ4n) is 4.80. The van der Waals surface area contributed by atoms with Crippen LogP contribution in [0.25, 0.3) is 0 Å². The number of hydrogen-bond acceptors (Lipinski definition) is 7. The summed E-state index contributed by atoms with van der Waals surface area (Å²) in [6.07, 6.45) is 10.2. The number of rotatable bonds is 18. The second-order valence-electron chi connectivity index (χ2n) is 10.0. The molecule has 0 aliphatic carbocycles. The van der Waals surface area contributed by atoms with Crippen LogP contribution in [0.4, 0.5) is 5.69 Å². The minimum Gasteiger partial charge on any atom is -0.379 e. The van der Waals surface area contributed by atoms with Gasteiger partial charge in [0.25, 0.3) is 11.8 Å². The van der Waals surface area contributed by atoms with Crippen molar-refractivity contribution >= 4 is 35.2 Å². The molecule has 0 saturated carbocycles. The average molecular weight is 544 g/mol. The molecule has 0 bridgehead atoms. The van der Waals surface area contributed by atoms with Gasteiger partial charge in [0.05, 0.1) is 30.0 Å². The number of nitrogens with zero attached hydrogens (tertiary/aromatic N) is 1. The van der Waals surface area contributed by atoms with E-state index in [1.54, 1.807) is 12.1 Å². The van der Waals surface area contributed by atoms with E-state index in [1.807, 2.05) is 0 Å². The number of nitrogens with one attached hydrogen (secondary N) is 2. The number of ether oxygens (including phenoxy) is 2. The lowest BCUT2D eigenvalue weighted by Crippen LogP contribution is -2.54. The van der Waals surface area contributed by atoms with Crippen LogP contribution in [-0.2, 0) is 23.9 Å². The van der Waals surface area contributed by atoms with Crippen LogP contribution in [0, 0.1) is 0 Å². The zero-order chi connectivity index (χ0) is 28.0. The van der Waals surface area contributed by atoms with Gasteiger partial charge in [0.2, 0.25) is 17.7 Å². The first-order valence-electron chi connectivity index (χ1n) is 14.2. The van der Waals surface area contributed by atoms with Crippen molar-refractivity contribution in [3.8, 4) is 0 Å². The first kappa shape index (κ1) is 30.4. The molecule has 5 amide bonds. The summed E-state index contributed by atoms with van der Waals surface area (Å²) in [7, 11) is 0. The Morgan fingerprint density at radius 3 is 2.26 bits per heavy atom. The van der Waals surface area contributed by atoms with Crippen molar-refractivity contribution in [2.24, 2.45) is 0 Å². The Bertz CT molecular complexity index is 1030. The van der Waals surface area contributed by atoms with Gasteiger partial charge in [-0.15, -0.1) is 0 Å². The molecule has 1 saturated heterocycles. The van der Waals surface area contributed by atoms with Gasteiger partial charge in [-0.1, -0.05) is 51.5 Å². The van der Waals surface area contributed by atoms with E-state index in [-0.39, 0.29) is 42.0 Å². The largest absolute Gasteiger partial charge is 0.379 e. The van der Waals surface area contributed by atoms with Gasteiger partial charge in [0, 0.05) is 26.1 Å². The van der Waals surface area contributed by atoms with Crippen molar-refractivity contribution in [1.29, 1.82) is 0 Å². The molecule has 0 radical (unpaired) electrons. The molecule has 10 heteroatoms. The number of fused-ring (bicyclic) bond motifs is 1. The zero-order valence-corrected chi connectivity index (χ0v) is 22.9. The number of imide groups is 2. The molecular formula is C29H41N3O7. The fraction of sp³-hybridized carbons (Fsp3) is 0.621. The normalized spacial score (nSPS) is 16.9. The van der Waals surface area contributed by atoms with Crippen LogP contribution in [-0.4, -0.2) is 66.9 Å². The van der Waals surface area contributed by atoms with Crippen molar-refractivity contribution in [2.75, 3.05) is 31.7 Å². The van der Waals surface area contributed by atoms with E-state index >= 15 is 0 Å². The molecular weight excluding hydrogens is 502 g/mol. The molecule has 1 aromatic rings. The van der Waals surface area contributed by atoms with E-state index in [0.29, 0.717) is 26.2 Å². The van der Waals surface area contributed by atoms with Gasteiger partial charge in [0.1, 0.15) is 6.04 Å². The second kappa shape index (κ2) is 16.1. The molecule has 2 heterocycles. The summed E-state index contributed by atoms with van der Waals surface area (Å²) >= 11 is 0. The minimum absolute atomic E-state index is 0.0471. The first-order chi connectivity index (χ1) is 18.9. The molecule has 214 valence electrons. The van der Waals surface area contributed by atoms with Crippen LogP contribution < -0.4 is 10.6 Å². The molecule has 2 aliphatic rings. The van der Waals surface area contributed by atoms with Gasteiger partial charge >= 0.3 is 0 Å². The fourth-order valence-corrected chi connectivity index (χ4v) is 4.80. The summed E-state index contributed by atoms with van der Waals surface area (Å²) in [5, 5.41) is 4.92. The van der Waals surface area contributed by atoms with Gasteiger partial charge in [-0.3, -0.25) is 34.2 Å². The number of anilines is 1. The monoisotopic (exact) mass is 543 g/mol. The van der Waals surface area contributed by atoms with Gasteiger partial charge in [0.15, 0.2) is 0 Å². The van der Waals surface area contributed by atoms with Gasteiger partial charge < -0.3 is 14.8 Å². The molecule has 1 aromatic carbocycles. The average Bonchev–Trinajstić information content (AvgIpc) is 3.17. The van der Waals surface area contributed by atoms with Crippen molar-refractivity contribution in [1.82, 2.24) is 10.2 Å². The quantitative estimate of drug-likeness (QED) is 0.211. The number of unbranched alkanes of at least 4 members (excludes halogenated alkanes) is 7. The lowest BCUT2D eigenvalue weighted by Gasteiger charge is -2.27. The standard InChI is InChI=1S/C29H41N3O7/c1-2-3-4-5-6-9-17-38-19-20-39-18-10-7-8-14-24(33)30-22-13-11-12-21-26(22)29(37)32(28(21)36)23-15-16-25(34)31-27(23)35/h11-13,23H,2-10,14-20H2,1H3,(H,30,33)(H,31,34,35). The lowest BCUT2D eigenvalue weighted by atomic mass is 10.0. The number of carbonyl (C=O) groups excluding carboxylic acids is 5. The Morgan fingerprint density at radius 1 is 0.897 bits per heavy atom. The summed E-state index contributed by atoms with van der Waals surface area (Å²) in [5.41, 5.74) is 0.457. The van der Waals surface area contributed by atoms with E-state index in [1.165, 1.54) is 38.2 Å². The summed E-state index contributed by atoms with van der Waals surface area (Å²) in [6, 6.07) is 3.60. The van der Waals surface area contributed by atoms with E-state index in [0.717, 1.165) is 30.8 Å². The van der Waals surface area contributed by atoms with Crippen molar-refractivity contribution in [2.45, 2.75) is 90.0 Å². The molecule has 1 unspecified atom stereocenters. The van der Waals surface area contributed by atoms with Gasteiger partial charge in [-0.05, 0) is 37.8 Å². The highest BCUT2D eigenvalue weighted by molar-refractivity contribution is 6.26. The molecule has 10 nitrogen and oxygen atoms in total. The predicted octanol–water partition coefficient (Wildman–Crippen LogP) is 3.98. The maximum atomic E-state index is 13.1. The van der Waals surface area contributed by atoms with Gasteiger partial charge in [-0.2, -0.15) is 0 Å². The van der Waals surface area contributed by atoms with Crippen molar-refractivity contribution < 1.29 is 33.4 Å². The van der Waals surface area contributed by atoms with E-state index in [2.05, 4.69) is 17.6 Å². The number of amides is 5. The highest BCUT2D eigenvalue weighted by Crippen LogP contribution is 2.32. The molecule has 1 fully saturated rings. The number of carbonyl (C=O) groups is 5. The molecule has 0 spiro atoms. The third-order valence-electron chi connectivity index (χ3n) is 6.95. The van der Waals surface area contributed by atoms with Crippen molar-refractivity contribution in [3.05, 3.63) is 29.3 Å². The molecule has 3 rings (SSSR count). The topological polar surface area (TPSA) is 131 Å². The number of piperidine rings is 1.